The predicted octanol–water partition coefficient (Wildman–Crippen LogP) is 17.5. The Hall–Kier alpha value is -1.54. The van der Waals surface area contributed by atoms with Gasteiger partial charge in [-0.1, -0.05) is 58.2 Å². The molecule has 0 saturated carbocycles. The van der Waals surface area contributed by atoms with Crippen LogP contribution in [0.1, 0.15) is 180 Å². The molecule has 0 aromatic carbocycles. The number of allylic oxidation sites excluding steroid dienone is 18. The van der Waals surface area contributed by atoms with Crippen LogP contribution < -0.4 is 0 Å². The molecule has 0 radical (unpaired) electrons. The van der Waals surface area contributed by atoms with Crippen LogP contribution in [0.2, 0.25) is 17.7 Å². The van der Waals surface area contributed by atoms with Gasteiger partial charge in [0.05, 0.1) is 0 Å². The van der Waals surface area contributed by atoms with Crippen molar-refractivity contribution in [2.45, 2.75) is 198 Å². The van der Waals surface area contributed by atoms with Crippen molar-refractivity contribution in [1.82, 2.24) is 0 Å². The molecule has 0 rings (SSSR count). The molecule has 0 bridgehead atoms. The Labute approximate surface area is 319 Å². The number of hydrogen-bond donors (Lipinski definition) is 0. The van der Waals surface area contributed by atoms with Gasteiger partial charge in [-0.05, 0) is 80.6 Å². The number of hydrogen-bond acceptors (Lipinski definition) is 0. The normalized spacial score (nSPS) is 14.9. The van der Waals surface area contributed by atoms with Crippen LogP contribution in [0.3, 0.4) is 0 Å². The third-order valence-electron chi connectivity index (χ3n) is 10.3. The quantitative estimate of drug-likeness (QED) is 0.0574. The third-order valence-corrected chi connectivity index (χ3v) is 25.5. The summed E-state index contributed by atoms with van der Waals surface area (Å²) in [7, 11) is 0. The van der Waals surface area contributed by atoms with E-state index in [4.69, 9.17) is 0 Å². The molecule has 0 nitrogen and oxygen atoms in total. The zero-order valence-electron chi connectivity index (χ0n) is 35.9. The standard InChI is InChI=1S/C37H57.3C4H9.Sn/c1-12-30(4)15-16-32(6)19-20-34(8)23-24-36(10)27-28-37(11)26-25-35(9)22-21-33(7)18-17-31(5)14-13-29(2)3;3*1-3-4-2;/h12-13,16-17,20-21,24-25,28H,1,14-15,18-19,22-23,26-27H2,2-11H3;3*1,3-4H2,2H3;/b30-12+,31-17+,32-16+,33-21+,34-20+,35-25+,36-24+,37-28+;;;;. The van der Waals surface area contributed by atoms with E-state index >= 15 is 0 Å². The summed E-state index contributed by atoms with van der Waals surface area (Å²) in [4.78, 5) is 0. The van der Waals surface area contributed by atoms with Crippen LogP contribution in [0.15, 0.2) is 105 Å². The van der Waals surface area contributed by atoms with Crippen LogP contribution in [-0.2, 0) is 0 Å². The minimum absolute atomic E-state index is 1.05. The maximum absolute atomic E-state index is 2.69. The fourth-order valence-electron chi connectivity index (χ4n) is 6.11. The van der Waals surface area contributed by atoms with E-state index in [9.17, 15) is 0 Å². The van der Waals surface area contributed by atoms with Gasteiger partial charge in [-0.2, -0.15) is 0 Å². The van der Waals surface area contributed by atoms with Crippen LogP contribution in [0.25, 0.3) is 0 Å². The van der Waals surface area contributed by atoms with Crippen LogP contribution in [0, 0.1) is 0 Å². The summed E-state index contributed by atoms with van der Waals surface area (Å²) in [5.74, 6) is 0. The first-order valence-electron chi connectivity index (χ1n) is 20.6. The Morgan fingerprint density at radius 1 is 0.320 bits per heavy atom. The first kappa shape index (κ1) is 48.5. The Morgan fingerprint density at radius 3 is 0.760 bits per heavy atom. The molecule has 0 amide bonds. The molecule has 0 aliphatic rings. The van der Waals surface area contributed by atoms with Gasteiger partial charge in [-0.25, -0.2) is 0 Å². The Bertz CT molecular complexity index is 1190. The molecular formula is C49H84Sn. The van der Waals surface area contributed by atoms with Crippen molar-refractivity contribution in [3.8, 4) is 0 Å². The van der Waals surface area contributed by atoms with Gasteiger partial charge in [0.2, 0.25) is 0 Å². The van der Waals surface area contributed by atoms with Crippen molar-refractivity contribution in [3.63, 3.8) is 0 Å². The average Bonchev–Trinajstić information content (AvgIpc) is 3.10. The molecule has 0 aromatic heterocycles. The zero-order chi connectivity index (χ0) is 37.8. The van der Waals surface area contributed by atoms with Crippen LogP contribution >= 0.6 is 0 Å². The molecule has 0 unspecified atom stereocenters. The Kier molecular flexibility index (Phi) is 29.1. The van der Waals surface area contributed by atoms with E-state index in [1.807, 2.05) is 0 Å². The Balaban J connectivity index is 4.90. The van der Waals surface area contributed by atoms with E-state index in [0.717, 1.165) is 51.4 Å². The number of unbranched alkanes of at least 4 members (excludes halogenated alkanes) is 3. The van der Waals surface area contributed by atoms with E-state index in [-0.39, 0.29) is 0 Å². The van der Waals surface area contributed by atoms with Gasteiger partial charge in [0.25, 0.3) is 0 Å². The summed E-state index contributed by atoms with van der Waals surface area (Å²) in [6.07, 6.45) is 39.0. The van der Waals surface area contributed by atoms with Crippen molar-refractivity contribution in [2.24, 2.45) is 0 Å². The molecule has 284 valence electrons. The van der Waals surface area contributed by atoms with Crippen molar-refractivity contribution >= 4 is 18.4 Å². The van der Waals surface area contributed by atoms with Crippen molar-refractivity contribution in [1.29, 1.82) is 0 Å². The first-order chi connectivity index (χ1) is 23.7. The molecule has 0 heterocycles. The summed E-state index contributed by atoms with van der Waals surface area (Å²) in [6.45, 7) is 29.8. The predicted molar refractivity (Wildman–Crippen MR) is 236 cm³/mol. The van der Waals surface area contributed by atoms with Gasteiger partial charge in [0.15, 0.2) is 0 Å². The topological polar surface area (TPSA) is 0 Å². The fraction of sp³-hybridized carbons (Fsp3) is 0.633. The SMILES string of the molecule is CCC[CH2][Sn]([CH2]/C=C(\C)C/C=C(\C)C/C=C(\C)C/C=C(\C)C/C=C(\C)C/C=C(\C)C/C=C(\C)C/C=C(\C)CC=C(C)C)([CH2]CCC)[CH2]CCC. The van der Waals surface area contributed by atoms with E-state index in [1.165, 1.54) is 87.5 Å². The van der Waals surface area contributed by atoms with Crippen molar-refractivity contribution < 1.29 is 0 Å². The molecular weight excluding hydrogens is 707 g/mol. The van der Waals surface area contributed by atoms with Gasteiger partial charge in [-0.15, -0.1) is 0 Å². The van der Waals surface area contributed by atoms with Gasteiger partial charge >= 0.3 is 182 Å². The molecule has 0 aliphatic heterocycles. The summed E-state index contributed by atoms with van der Waals surface area (Å²) in [5.41, 5.74) is 13.3. The monoisotopic (exact) mass is 793 g/mol. The molecule has 0 aliphatic carbocycles. The van der Waals surface area contributed by atoms with Crippen molar-refractivity contribution in [3.05, 3.63) is 105 Å². The van der Waals surface area contributed by atoms with E-state index < -0.39 is 18.4 Å². The van der Waals surface area contributed by atoms with Gasteiger partial charge in [0.1, 0.15) is 0 Å². The zero-order valence-corrected chi connectivity index (χ0v) is 38.8. The minimum atomic E-state index is -2.06. The molecule has 0 spiro atoms. The van der Waals surface area contributed by atoms with Crippen LogP contribution in [-0.4, -0.2) is 18.4 Å². The molecule has 50 heavy (non-hydrogen) atoms. The summed E-state index contributed by atoms with van der Waals surface area (Å²) >= 11 is -2.06. The molecule has 0 N–H and O–H groups in total. The van der Waals surface area contributed by atoms with Crippen molar-refractivity contribution in [2.75, 3.05) is 0 Å². The molecule has 0 aromatic rings. The Morgan fingerprint density at radius 2 is 0.540 bits per heavy atom. The number of rotatable bonds is 27. The van der Waals surface area contributed by atoms with E-state index in [1.54, 1.807) is 18.9 Å². The maximum atomic E-state index is 2.69. The second-order valence-electron chi connectivity index (χ2n) is 16.3. The summed E-state index contributed by atoms with van der Waals surface area (Å²) < 4.78 is 6.32. The van der Waals surface area contributed by atoms with Gasteiger partial charge in [-0.3, -0.25) is 0 Å². The van der Waals surface area contributed by atoms with Gasteiger partial charge < -0.3 is 0 Å². The molecule has 0 fully saturated rings. The fourth-order valence-corrected chi connectivity index (χ4v) is 21.7. The molecule has 0 saturated heterocycles. The third kappa shape index (κ3) is 27.2. The van der Waals surface area contributed by atoms with Crippen LogP contribution in [0.5, 0.6) is 0 Å². The summed E-state index contributed by atoms with van der Waals surface area (Å²) in [5, 5.41) is 0. The molecule has 1 heteroatoms. The molecule has 0 atom stereocenters. The van der Waals surface area contributed by atoms with Crippen LogP contribution in [0.4, 0.5) is 0 Å². The van der Waals surface area contributed by atoms with E-state index in [2.05, 4.69) is 145 Å². The average molecular weight is 792 g/mol. The van der Waals surface area contributed by atoms with E-state index in [0.29, 0.717) is 0 Å². The second kappa shape index (κ2) is 30.0. The summed E-state index contributed by atoms with van der Waals surface area (Å²) in [6, 6.07) is 0. The van der Waals surface area contributed by atoms with Gasteiger partial charge in [0, 0.05) is 0 Å². The second-order valence-corrected chi connectivity index (χ2v) is 30.3. The first-order valence-corrected chi connectivity index (χ1v) is 28.7.